The average Bonchev–Trinajstić information content (AvgIpc) is 2.49. The van der Waals surface area contributed by atoms with Gasteiger partial charge in [0.15, 0.2) is 0 Å². The zero-order chi connectivity index (χ0) is 14.6. The Labute approximate surface area is 123 Å². The van der Waals surface area contributed by atoms with Crippen molar-refractivity contribution in [3.63, 3.8) is 0 Å². The van der Waals surface area contributed by atoms with Gasteiger partial charge < -0.3 is 4.74 Å². The van der Waals surface area contributed by atoms with E-state index in [4.69, 9.17) is 4.74 Å². The molecule has 1 unspecified atom stereocenters. The van der Waals surface area contributed by atoms with Gasteiger partial charge in [0.25, 0.3) is 0 Å². The summed E-state index contributed by atoms with van der Waals surface area (Å²) in [7, 11) is 0. The second kappa shape index (κ2) is 10.5. The molecule has 0 fully saturated rings. The van der Waals surface area contributed by atoms with E-state index in [1.807, 2.05) is 30.3 Å². The number of carbonyl (C=O) groups is 1. The third-order valence-electron chi connectivity index (χ3n) is 3.79. The molecule has 0 aromatic heterocycles. The van der Waals surface area contributed by atoms with E-state index < -0.39 is 0 Å². The van der Waals surface area contributed by atoms with Crippen molar-refractivity contribution >= 4 is 5.97 Å². The molecule has 0 radical (unpaired) electrons. The predicted molar refractivity (Wildman–Crippen MR) is 83.6 cm³/mol. The molecule has 112 valence electrons. The number of hydrogen-bond acceptors (Lipinski definition) is 2. The number of hydrogen-bond donors (Lipinski definition) is 0. The fourth-order valence-corrected chi connectivity index (χ4v) is 2.35. The van der Waals surface area contributed by atoms with Crippen molar-refractivity contribution in [3.05, 3.63) is 35.9 Å². The van der Waals surface area contributed by atoms with Crippen molar-refractivity contribution in [2.45, 2.75) is 58.8 Å². The number of carbonyl (C=O) groups excluding carboxylic acids is 1. The first-order valence-electron chi connectivity index (χ1n) is 7.95. The van der Waals surface area contributed by atoms with Gasteiger partial charge in [0.1, 0.15) is 0 Å². The molecule has 0 heterocycles. The van der Waals surface area contributed by atoms with Gasteiger partial charge in [-0.1, -0.05) is 69.9 Å². The van der Waals surface area contributed by atoms with Gasteiger partial charge in [-0.25, -0.2) is 0 Å². The van der Waals surface area contributed by atoms with Crippen LogP contribution < -0.4 is 0 Å². The van der Waals surface area contributed by atoms with Crippen LogP contribution in [0.3, 0.4) is 0 Å². The summed E-state index contributed by atoms with van der Waals surface area (Å²) in [4.78, 5) is 11.7. The molecule has 2 heteroatoms. The molecule has 0 amide bonds. The zero-order valence-electron chi connectivity index (χ0n) is 12.9. The number of esters is 1. The van der Waals surface area contributed by atoms with Gasteiger partial charge in [0.2, 0.25) is 0 Å². The largest absolute Gasteiger partial charge is 0.466 e. The Balaban J connectivity index is 2.13. The monoisotopic (exact) mass is 276 g/mol. The number of benzene rings is 1. The molecule has 0 aliphatic rings. The number of ether oxygens (including phenoxy) is 1. The summed E-state index contributed by atoms with van der Waals surface area (Å²) in [6, 6.07) is 10.1. The summed E-state index contributed by atoms with van der Waals surface area (Å²) in [5, 5.41) is 0. The lowest BCUT2D eigenvalue weighted by Crippen LogP contribution is -2.10. The molecule has 1 aromatic rings. The summed E-state index contributed by atoms with van der Waals surface area (Å²) in [5.41, 5.74) is 1.19. The minimum Gasteiger partial charge on any atom is -0.466 e. The van der Waals surface area contributed by atoms with Crippen LogP contribution in [-0.2, 0) is 16.0 Å². The topological polar surface area (TPSA) is 26.3 Å². The highest BCUT2D eigenvalue weighted by Crippen LogP contribution is 2.16. The Kier molecular flexibility index (Phi) is 8.77. The average molecular weight is 276 g/mol. The molecule has 20 heavy (non-hydrogen) atoms. The van der Waals surface area contributed by atoms with Gasteiger partial charge in [-0.2, -0.15) is 0 Å². The van der Waals surface area contributed by atoms with Crippen LogP contribution >= 0.6 is 0 Å². The lowest BCUT2D eigenvalue weighted by Gasteiger charge is -2.14. The fourth-order valence-electron chi connectivity index (χ4n) is 2.35. The molecule has 0 bridgehead atoms. The molecule has 1 aromatic carbocycles. The molecule has 0 saturated carbocycles. The van der Waals surface area contributed by atoms with Crippen molar-refractivity contribution < 1.29 is 9.53 Å². The quantitative estimate of drug-likeness (QED) is 0.575. The SMILES string of the molecule is CCCCC(CC)CCOC(=O)CCc1ccccc1. The fraction of sp³-hybridized carbons (Fsp3) is 0.611. The normalized spacial score (nSPS) is 12.1. The van der Waals surface area contributed by atoms with E-state index in [2.05, 4.69) is 13.8 Å². The van der Waals surface area contributed by atoms with E-state index in [1.165, 1.54) is 31.2 Å². The Morgan fingerprint density at radius 2 is 1.90 bits per heavy atom. The minimum atomic E-state index is -0.0702. The van der Waals surface area contributed by atoms with E-state index >= 15 is 0 Å². The first kappa shape index (κ1) is 16.7. The smallest absolute Gasteiger partial charge is 0.306 e. The van der Waals surface area contributed by atoms with Crippen molar-refractivity contribution in [1.29, 1.82) is 0 Å². The molecule has 0 saturated heterocycles. The van der Waals surface area contributed by atoms with Gasteiger partial charge in [0.05, 0.1) is 6.61 Å². The van der Waals surface area contributed by atoms with E-state index in [1.54, 1.807) is 0 Å². The van der Waals surface area contributed by atoms with Gasteiger partial charge >= 0.3 is 5.97 Å². The highest BCUT2D eigenvalue weighted by molar-refractivity contribution is 5.69. The van der Waals surface area contributed by atoms with Crippen LogP contribution in [0, 0.1) is 5.92 Å². The van der Waals surface area contributed by atoms with Gasteiger partial charge in [-0.3, -0.25) is 4.79 Å². The molecule has 1 rings (SSSR count). The van der Waals surface area contributed by atoms with E-state index in [9.17, 15) is 4.79 Å². The molecule has 0 spiro atoms. The standard InChI is InChI=1S/C18H28O2/c1-3-5-9-16(4-2)14-15-20-18(19)13-12-17-10-7-6-8-11-17/h6-8,10-11,16H,3-5,9,12-15H2,1-2H3. The summed E-state index contributed by atoms with van der Waals surface area (Å²) in [6.45, 7) is 5.02. The van der Waals surface area contributed by atoms with E-state index in [0.717, 1.165) is 12.8 Å². The maximum atomic E-state index is 11.7. The Morgan fingerprint density at radius 3 is 2.55 bits per heavy atom. The van der Waals surface area contributed by atoms with Crippen LogP contribution in [0.25, 0.3) is 0 Å². The third-order valence-corrected chi connectivity index (χ3v) is 3.79. The first-order chi connectivity index (χ1) is 9.76. The number of rotatable bonds is 10. The van der Waals surface area contributed by atoms with E-state index in [0.29, 0.717) is 18.9 Å². The highest BCUT2D eigenvalue weighted by atomic mass is 16.5. The lowest BCUT2D eigenvalue weighted by atomic mass is 9.96. The lowest BCUT2D eigenvalue weighted by molar-refractivity contribution is -0.144. The first-order valence-corrected chi connectivity index (χ1v) is 7.95. The molecule has 1 atom stereocenters. The van der Waals surface area contributed by atoms with Gasteiger partial charge in [-0.05, 0) is 24.3 Å². The Bertz CT molecular complexity index is 359. The predicted octanol–water partition coefficient (Wildman–Crippen LogP) is 4.77. The maximum absolute atomic E-state index is 11.7. The second-order valence-electron chi connectivity index (χ2n) is 5.41. The van der Waals surface area contributed by atoms with Crippen molar-refractivity contribution in [1.82, 2.24) is 0 Å². The highest BCUT2D eigenvalue weighted by Gasteiger charge is 2.08. The maximum Gasteiger partial charge on any atom is 0.306 e. The molecule has 0 aliphatic carbocycles. The zero-order valence-corrected chi connectivity index (χ0v) is 12.9. The van der Waals surface area contributed by atoms with Crippen LogP contribution in [-0.4, -0.2) is 12.6 Å². The number of unbranched alkanes of at least 4 members (excludes halogenated alkanes) is 1. The van der Waals surface area contributed by atoms with Crippen LogP contribution in [0.5, 0.6) is 0 Å². The summed E-state index contributed by atoms with van der Waals surface area (Å²) >= 11 is 0. The molecular formula is C18H28O2. The third kappa shape index (κ3) is 7.32. The van der Waals surface area contributed by atoms with Crippen LogP contribution in [0.15, 0.2) is 30.3 Å². The molecule has 2 nitrogen and oxygen atoms in total. The molecular weight excluding hydrogens is 248 g/mol. The summed E-state index contributed by atoms with van der Waals surface area (Å²) in [6.07, 6.45) is 7.22. The van der Waals surface area contributed by atoms with Crippen LogP contribution in [0.4, 0.5) is 0 Å². The summed E-state index contributed by atoms with van der Waals surface area (Å²) in [5.74, 6) is 0.635. The number of aryl methyl sites for hydroxylation is 1. The van der Waals surface area contributed by atoms with Gasteiger partial charge in [-0.15, -0.1) is 0 Å². The van der Waals surface area contributed by atoms with Crippen LogP contribution in [0.2, 0.25) is 0 Å². The van der Waals surface area contributed by atoms with E-state index in [-0.39, 0.29) is 5.97 Å². The molecule has 0 N–H and O–H groups in total. The molecule has 0 aliphatic heterocycles. The minimum absolute atomic E-state index is 0.0702. The van der Waals surface area contributed by atoms with Gasteiger partial charge in [0, 0.05) is 6.42 Å². The Morgan fingerprint density at radius 1 is 1.15 bits per heavy atom. The van der Waals surface area contributed by atoms with Crippen molar-refractivity contribution in [3.8, 4) is 0 Å². The summed E-state index contributed by atoms with van der Waals surface area (Å²) < 4.78 is 5.34. The van der Waals surface area contributed by atoms with Crippen molar-refractivity contribution in [2.24, 2.45) is 5.92 Å². The Hall–Kier alpha value is -1.31. The van der Waals surface area contributed by atoms with Crippen LogP contribution in [0.1, 0.15) is 57.9 Å². The second-order valence-corrected chi connectivity index (χ2v) is 5.41. The van der Waals surface area contributed by atoms with Crippen molar-refractivity contribution in [2.75, 3.05) is 6.61 Å².